The molecule has 0 aromatic rings. The largest absolute Gasteiger partial charge is 0.479 e. The van der Waals surface area contributed by atoms with E-state index in [0.717, 1.165) is 32.1 Å². The van der Waals surface area contributed by atoms with E-state index in [2.05, 4.69) is 40.7 Å². The predicted octanol–water partition coefficient (Wildman–Crippen LogP) is -1.86. The van der Waals surface area contributed by atoms with E-state index in [0.29, 0.717) is 25.7 Å². The molecule has 4 saturated carbocycles. The molecule has 30 atom stereocenters. The quantitative estimate of drug-likeness (QED) is 0.0753. The summed E-state index contributed by atoms with van der Waals surface area (Å²) < 4.78 is 48.7. The number of aliphatic carboxylic acids is 1. The molecule has 4 heterocycles. The van der Waals surface area contributed by atoms with Crippen LogP contribution in [0.1, 0.15) is 106 Å². The minimum absolute atomic E-state index is 0.00844. The van der Waals surface area contributed by atoms with Gasteiger partial charge in [-0.1, -0.05) is 53.2 Å². The van der Waals surface area contributed by atoms with Gasteiger partial charge in [-0.25, -0.2) is 4.79 Å². The first-order valence-electron chi connectivity index (χ1n) is 27.3. The van der Waals surface area contributed by atoms with Crippen LogP contribution >= 0.6 is 0 Å². The highest BCUT2D eigenvalue weighted by Crippen LogP contribution is 2.76. The van der Waals surface area contributed by atoms with Crippen LogP contribution in [-0.2, 0) is 42.7 Å². The monoisotopic (exact) mass is 1090 g/mol. The summed E-state index contributed by atoms with van der Waals surface area (Å²) >= 11 is 0. The van der Waals surface area contributed by atoms with Crippen molar-refractivity contribution in [2.24, 2.45) is 50.2 Å². The number of hydrogen-bond donors (Lipinski definition) is 14. The molecule has 9 aliphatic rings. The third-order valence-electron chi connectivity index (χ3n) is 21.5. The van der Waals surface area contributed by atoms with Gasteiger partial charge in [0, 0.05) is 17.4 Å². The Balaban J connectivity index is 1.02. The number of hydrogen-bond acceptors (Lipinski definition) is 22. The first-order valence-corrected chi connectivity index (χ1v) is 27.3. The third-order valence-corrected chi connectivity index (χ3v) is 21.5. The fourth-order valence-electron chi connectivity index (χ4n) is 16.3. The highest BCUT2D eigenvalue weighted by molar-refractivity contribution is 5.73. The van der Waals surface area contributed by atoms with Crippen LogP contribution in [0.5, 0.6) is 0 Å². The van der Waals surface area contributed by atoms with Crippen LogP contribution in [-0.4, -0.2) is 233 Å². The van der Waals surface area contributed by atoms with Gasteiger partial charge in [0.25, 0.3) is 0 Å². The van der Waals surface area contributed by atoms with Gasteiger partial charge in [-0.15, -0.1) is 0 Å². The Labute approximate surface area is 442 Å². The van der Waals surface area contributed by atoms with E-state index < -0.39 is 159 Å². The molecule has 0 amide bonds. The van der Waals surface area contributed by atoms with Crippen LogP contribution in [0.2, 0.25) is 0 Å². The number of carbonyl (C=O) groups is 1. The number of rotatable bonds is 12. The van der Waals surface area contributed by atoms with Crippen molar-refractivity contribution in [3.05, 3.63) is 11.6 Å². The Hall–Kier alpha value is -1.63. The Morgan fingerprint density at radius 2 is 1.28 bits per heavy atom. The van der Waals surface area contributed by atoms with E-state index in [4.69, 9.17) is 37.9 Å². The summed E-state index contributed by atoms with van der Waals surface area (Å²) in [4.78, 5) is 12.7. The Bertz CT molecular complexity index is 2100. The molecule has 14 N–H and O–H groups in total. The second kappa shape index (κ2) is 21.3. The highest BCUT2D eigenvalue weighted by Gasteiger charge is 2.70. The van der Waals surface area contributed by atoms with Crippen LogP contribution in [0.25, 0.3) is 0 Å². The fraction of sp³-hybridized carbons (Fsp3) is 0.943. The van der Waals surface area contributed by atoms with Gasteiger partial charge in [0.2, 0.25) is 0 Å². The number of carboxylic acids is 1. The van der Waals surface area contributed by atoms with Crippen molar-refractivity contribution in [2.45, 2.75) is 235 Å². The van der Waals surface area contributed by atoms with E-state index in [1.807, 2.05) is 6.92 Å². The molecule has 0 bridgehead atoms. The molecule has 9 rings (SSSR count). The number of aliphatic hydroxyl groups excluding tert-OH is 13. The number of carboxylic acid groups (broad SMARTS) is 1. The second-order valence-corrected chi connectivity index (χ2v) is 25.8. The molecule has 0 aromatic carbocycles. The molecule has 0 aromatic heterocycles. The van der Waals surface area contributed by atoms with Gasteiger partial charge in [-0.2, -0.15) is 0 Å². The van der Waals surface area contributed by atoms with Gasteiger partial charge in [-0.05, 0) is 104 Å². The average molecular weight is 1090 g/mol. The topological polar surface area (TPSA) is 374 Å². The molecule has 0 spiro atoms. The summed E-state index contributed by atoms with van der Waals surface area (Å²) in [5, 5.41) is 154. The molecule has 8 fully saturated rings. The van der Waals surface area contributed by atoms with Crippen LogP contribution in [0.4, 0.5) is 0 Å². The summed E-state index contributed by atoms with van der Waals surface area (Å²) in [5.74, 6) is -1.58. The number of fused-ring (bicyclic) bond motifs is 7. The third kappa shape index (κ3) is 9.37. The Kier molecular flexibility index (Phi) is 16.5. The number of ether oxygens (including phenoxy) is 8. The van der Waals surface area contributed by atoms with Crippen molar-refractivity contribution in [1.82, 2.24) is 0 Å². The summed E-state index contributed by atoms with van der Waals surface area (Å²) in [6, 6.07) is 0. The van der Waals surface area contributed by atoms with Crippen molar-refractivity contribution in [2.75, 3.05) is 26.4 Å². The molecular weight excluding hydrogens is 1000 g/mol. The molecular formula is C53H86O23. The SMILES string of the molecule is C[C@@H]1O[C@@H](O[C@H]2[C@H](O[C@H]3[C@H](O[C@H]4CC[C@@]5(C)C(CC[C@]6(C)C5CC=C5C7C[C@](C)(CO)C[C@@H](O)[C@]7(C)CC[C@@]56C)[C@@]4(C)CO)O[C@H](C(=O)O)[C@@H](O)[C@@H]3O)O[C@H](CO)[C@H](O)[C@@H]2O[C@@H]2OC[C@H](O)[C@H](O)[C@H]2O)[C@H](O)[C@H](O)[C@H]1O. The minimum Gasteiger partial charge on any atom is -0.479 e. The second-order valence-electron chi connectivity index (χ2n) is 25.8. The predicted molar refractivity (Wildman–Crippen MR) is 259 cm³/mol. The summed E-state index contributed by atoms with van der Waals surface area (Å²) in [6.07, 6.45) is -27.7. The lowest BCUT2D eigenvalue weighted by Crippen LogP contribution is -2.69. The summed E-state index contributed by atoms with van der Waals surface area (Å²) in [7, 11) is 0. The van der Waals surface area contributed by atoms with Crippen LogP contribution in [0.15, 0.2) is 11.6 Å². The maximum Gasteiger partial charge on any atom is 0.335 e. The van der Waals surface area contributed by atoms with Crippen LogP contribution in [0, 0.1) is 50.2 Å². The minimum atomic E-state index is -2.16. The van der Waals surface area contributed by atoms with Gasteiger partial charge >= 0.3 is 5.97 Å². The molecule has 23 nitrogen and oxygen atoms in total. The molecule has 4 saturated heterocycles. The summed E-state index contributed by atoms with van der Waals surface area (Å²) in [6.45, 7) is 12.8. The van der Waals surface area contributed by atoms with Gasteiger partial charge in [0.1, 0.15) is 79.4 Å². The van der Waals surface area contributed by atoms with Gasteiger partial charge in [-0.3, -0.25) is 0 Å². The van der Waals surface area contributed by atoms with E-state index in [1.54, 1.807) is 0 Å². The maximum atomic E-state index is 12.7. The van der Waals surface area contributed by atoms with Gasteiger partial charge in [0.15, 0.2) is 31.3 Å². The lowest BCUT2D eigenvalue weighted by Gasteiger charge is -2.72. The first-order chi connectivity index (χ1) is 35.6. The molecule has 23 heteroatoms. The van der Waals surface area contributed by atoms with Gasteiger partial charge in [0.05, 0.1) is 38.1 Å². The average Bonchev–Trinajstić information content (AvgIpc) is 3.37. The van der Waals surface area contributed by atoms with Crippen molar-refractivity contribution in [3.63, 3.8) is 0 Å². The normalized spacial score (nSPS) is 56.6. The molecule has 5 aliphatic carbocycles. The zero-order valence-electron chi connectivity index (χ0n) is 44.6. The van der Waals surface area contributed by atoms with Crippen molar-refractivity contribution < 1.29 is 114 Å². The highest BCUT2D eigenvalue weighted by atomic mass is 16.8. The van der Waals surface area contributed by atoms with Crippen molar-refractivity contribution in [1.29, 1.82) is 0 Å². The van der Waals surface area contributed by atoms with Crippen LogP contribution < -0.4 is 0 Å². The Morgan fingerprint density at radius 1 is 0.618 bits per heavy atom. The molecule has 0 radical (unpaired) electrons. The van der Waals surface area contributed by atoms with E-state index in [1.165, 1.54) is 12.5 Å². The van der Waals surface area contributed by atoms with E-state index in [9.17, 15) is 76.3 Å². The maximum absolute atomic E-state index is 12.7. The molecule has 4 aliphatic heterocycles. The molecule has 76 heavy (non-hydrogen) atoms. The lowest BCUT2D eigenvalue weighted by atomic mass is 9.33. The standard InChI is InChI=1S/C53H86O23/c1-22-31(59)34(62)38(66)45(70-22)76-42-39(73-44-37(65)32(60)25(57)19-69-44)33(61)26(18-54)71-47(42)75-41-36(64)35(63)40(43(67)68)74-46(41)72-30-11-12-50(4)27(51(30,5)21-56)10-13-53(7)28(50)9-8-23-24-16-48(2,20-55)17-29(58)49(24,3)14-15-52(23,53)6/h8,22,24-42,44-47,54-66H,9-21H2,1-7H3,(H,67,68)/t22-,24?,25-,26+,27?,28?,29+,30-,31-,32-,33-,34+,35-,36-,37+,38+,39-,40-,41+,42+,44-,45-,46+,47-,48-,49+,50-,51+,52-,53+/m0/s1. The Morgan fingerprint density at radius 3 is 1.93 bits per heavy atom. The van der Waals surface area contributed by atoms with Gasteiger partial charge < -0.3 is 109 Å². The molecule has 436 valence electrons. The van der Waals surface area contributed by atoms with E-state index >= 15 is 0 Å². The zero-order valence-corrected chi connectivity index (χ0v) is 44.6. The molecule has 3 unspecified atom stereocenters. The number of aliphatic hydroxyl groups is 13. The lowest BCUT2D eigenvalue weighted by molar-refractivity contribution is -0.408. The smallest absolute Gasteiger partial charge is 0.335 e. The van der Waals surface area contributed by atoms with E-state index in [-0.39, 0.29) is 52.6 Å². The van der Waals surface area contributed by atoms with Crippen molar-refractivity contribution >= 4 is 5.97 Å². The first kappa shape index (κ1) is 59.0. The summed E-state index contributed by atoms with van der Waals surface area (Å²) in [5.41, 5.74) is -1.17. The fourth-order valence-corrected chi connectivity index (χ4v) is 16.3. The zero-order chi connectivity index (χ0) is 55.6. The van der Waals surface area contributed by atoms with Crippen LogP contribution in [0.3, 0.4) is 0 Å². The van der Waals surface area contributed by atoms with Crippen molar-refractivity contribution in [3.8, 4) is 0 Å². The number of allylic oxidation sites excluding steroid dienone is 2.